The second-order valence-corrected chi connectivity index (χ2v) is 2.74. The highest BCUT2D eigenvalue weighted by Gasteiger charge is 2.08. The molecule has 68 valence electrons. The van der Waals surface area contributed by atoms with Gasteiger partial charge in [0, 0.05) is 17.1 Å². The van der Waals surface area contributed by atoms with Crippen LogP contribution in [0.4, 0.5) is 0 Å². The summed E-state index contributed by atoms with van der Waals surface area (Å²) in [5.41, 5.74) is 1.01. The molecule has 0 fully saturated rings. The maximum Gasteiger partial charge on any atom is 0.226 e. The standard InChI is InChI=1S/C10H6N2O2/c13-5-10(14)7-2-1-3-9-8(7)4-11-6-12-9/h1-6H. The molecule has 0 bridgehead atoms. The predicted octanol–water partition coefficient (Wildman–Crippen LogP) is 1.01. The minimum absolute atomic E-state index is 0.293. The highest BCUT2D eigenvalue weighted by Crippen LogP contribution is 2.14. The van der Waals surface area contributed by atoms with Gasteiger partial charge in [-0.2, -0.15) is 0 Å². The van der Waals surface area contributed by atoms with Crippen LogP contribution in [0.15, 0.2) is 30.7 Å². The van der Waals surface area contributed by atoms with Crippen molar-refractivity contribution in [3.05, 3.63) is 36.3 Å². The molecule has 0 unspecified atom stereocenters. The number of Topliss-reactive ketones (excluding diaryl/α,β-unsaturated/α-hetero) is 1. The highest BCUT2D eigenvalue weighted by molar-refractivity contribution is 6.36. The Labute approximate surface area is 79.6 Å². The third kappa shape index (κ3) is 1.26. The van der Waals surface area contributed by atoms with Crippen LogP contribution in [0.5, 0.6) is 0 Å². The quantitative estimate of drug-likeness (QED) is 0.399. The first-order valence-electron chi connectivity index (χ1n) is 4.01. The van der Waals surface area contributed by atoms with Crippen molar-refractivity contribution in [1.29, 1.82) is 0 Å². The number of aldehydes is 1. The summed E-state index contributed by atoms with van der Waals surface area (Å²) >= 11 is 0. The van der Waals surface area contributed by atoms with E-state index in [9.17, 15) is 9.59 Å². The fourth-order valence-corrected chi connectivity index (χ4v) is 1.28. The second kappa shape index (κ2) is 3.33. The number of rotatable bonds is 2. The molecule has 0 spiro atoms. The third-order valence-corrected chi connectivity index (χ3v) is 1.92. The van der Waals surface area contributed by atoms with E-state index >= 15 is 0 Å². The summed E-state index contributed by atoms with van der Waals surface area (Å²) in [5.74, 6) is -0.551. The number of aromatic nitrogens is 2. The molecular formula is C10H6N2O2. The lowest BCUT2D eigenvalue weighted by atomic mass is 10.1. The smallest absolute Gasteiger partial charge is 0.226 e. The number of carbonyl (C=O) groups excluding carboxylic acids is 2. The zero-order chi connectivity index (χ0) is 9.97. The molecule has 2 aromatic rings. The van der Waals surface area contributed by atoms with Gasteiger partial charge >= 0.3 is 0 Å². The molecule has 0 saturated carbocycles. The van der Waals surface area contributed by atoms with Crippen molar-refractivity contribution in [3.63, 3.8) is 0 Å². The summed E-state index contributed by atoms with van der Waals surface area (Å²) in [4.78, 5) is 29.4. The molecule has 0 aliphatic rings. The number of benzene rings is 1. The fraction of sp³-hybridized carbons (Fsp3) is 0. The van der Waals surface area contributed by atoms with Crippen LogP contribution < -0.4 is 0 Å². The Morgan fingerprint density at radius 2 is 2.21 bits per heavy atom. The normalized spacial score (nSPS) is 10.0. The third-order valence-electron chi connectivity index (χ3n) is 1.92. The number of hydrogen-bond donors (Lipinski definition) is 0. The lowest BCUT2D eigenvalue weighted by molar-refractivity contribution is -0.104. The lowest BCUT2D eigenvalue weighted by Gasteiger charge is -1.99. The number of nitrogens with zero attached hydrogens (tertiary/aromatic N) is 2. The Morgan fingerprint density at radius 1 is 1.36 bits per heavy atom. The van der Waals surface area contributed by atoms with Crippen molar-refractivity contribution in [2.24, 2.45) is 0 Å². The maximum absolute atomic E-state index is 11.2. The van der Waals surface area contributed by atoms with Crippen LogP contribution in [-0.2, 0) is 4.79 Å². The average molecular weight is 186 g/mol. The Bertz CT molecular complexity index is 503. The average Bonchev–Trinajstić information content (AvgIpc) is 2.27. The first-order chi connectivity index (χ1) is 6.83. The summed E-state index contributed by atoms with van der Waals surface area (Å²) < 4.78 is 0. The Morgan fingerprint density at radius 3 is 3.00 bits per heavy atom. The van der Waals surface area contributed by atoms with Crippen LogP contribution in [-0.4, -0.2) is 22.0 Å². The molecule has 4 nitrogen and oxygen atoms in total. The molecule has 0 amide bonds. The van der Waals surface area contributed by atoms with Crippen molar-refractivity contribution in [2.45, 2.75) is 0 Å². The van der Waals surface area contributed by atoms with Gasteiger partial charge in [0.1, 0.15) is 6.33 Å². The minimum atomic E-state index is -0.551. The van der Waals surface area contributed by atoms with E-state index in [0.717, 1.165) is 0 Å². The van der Waals surface area contributed by atoms with Gasteiger partial charge in [0.15, 0.2) is 6.29 Å². The summed E-state index contributed by atoms with van der Waals surface area (Å²) in [5, 5.41) is 0.604. The zero-order valence-electron chi connectivity index (χ0n) is 7.18. The molecule has 14 heavy (non-hydrogen) atoms. The molecule has 0 N–H and O–H groups in total. The van der Waals surface area contributed by atoms with Crippen LogP contribution >= 0.6 is 0 Å². The van der Waals surface area contributed by atoms with Gasteiger partial charge in [-0.25, -0.2) is 9.97 Å². The van der Waals surface area contributed by atoms with Gasteiger partial charge in [-0.1, -0.05) is 12.1 Å². The van der Waals surface area contributed by atoms with Crippen molar-refractivity contribution in [3.8, 4) is 0 Å². The van der Waals surface area contributed by atoms with Gasteiger partial charge in [0.25, 0.3) is 0 Å². The van der Waals surface area contributed by atoms with Crippen molar-refractivity contribution < 1.29 is 9.59 Å². The molecule has 4 heteroatoms. The number of ketones is 1. The molecule has 0 radical (unpaired) electrons. The van der Waals surface area contributed by atoms with Gasteiger partial charge in [-0.05, 0) is 6.07 Å². The van der Waals surface area contributed by atoms with E-state index in [-0.39, 0.29) is 0 Å². The van der Waals surface area contributed by atoms with Gasteiger partial charge in [-0.3, -0.25) is 9.59 Å². The number of carbonyl (C=O) groups is 2. The van der Waals surface area contributed by atoms with Crippen LogP contribution in [0.3, 0.4) is 0 Å². The summed E-state index contributed by atoms with van der Waals surface area (Å²) in [7, 11) is 0. The Balaban J connectivity index is 2.77. The summed E-state index contributed by atoms with van der Waals surface area (Å²) in [6, 6.07) is 5.03. The largest absolute Gasteiger partial charge is 0.294 e. The summed E-state index contributed by atoms with van der Waals surface area (Å²) in [6.07, 6.45) is 3.22. The monoisotopic (exact) mass is 186 g/mol. The second-order valence-electron chi connectivity index (χ2n) is 2.74. The minimum Gasteiger partial charge on any atom is -0.294 e. The van der Waals surface area contributed by atoms with E-state index < -0.39 is 5.78 Å². The summed E-state index contributed by atoms with van der Waals surface area (Å²) in [6.45, 7) is 0. The molecule has 1 aromatic carbocycles. The van der Waals surface area contributed by atoms with Crippen molar-refractivity contribution >= 4 is 23.0 Å². The fourth-order valence-electron chi connectivity index (χ4n) is 1.28. The van der Waals surface area contributed by atoms with E-state index in [4.69, 9.17) is 0 Å². The molecular weight excluding hydrogens is 180 g/mol. The van der Waals surface area contributed by atoms with Gasteiger partial charge in [0.2, 0.25) is 5.78 Å². The van der Waals surface area contributed by atoms with E-state index in [1.807, 2.05) is 0 Å². The van der Waals surface area contributed by atoms with Gasteiger partial charge < -0.3 is 0 Å². The molecule has 1 heterocycles. The topological polar surface area (TPSA) is 59.9 Å². The van der Waals surface area contributed by atoms with E-state index in [1.54, 1.807) is 18.2 Å². The Kier molecular flexibility index (Phi) is 2.02. The highest BCUT2D eigenvalue weighted by atomic mass is 16.2. The molecule has 0 aliphatic heterocycles. The molecule has 0 saturated heterocycles. The number of fused-ring (bicyclic) bond motifs is 1. The van der Waals surface area contributed by atoms with Crippen molar-refractivity contribution in [2.75, 3.05) is 0 Å². The molecule has 0 aliphatic carbocycles. The predicted molar refractivity (Wildman–Crippen MR) is 49.9 cm³/mol. The van der Waals surface area contributed by atoms with E-state index in [2.05, 4.69) is 9.97 Å². The number of hydrogen-bond acceptors (Lipinski definition) is 4. The van der Waals surface area contributed by atoms with Crippen molar-refractivity contribution in [1.82, 2.24) is 9.97 Å². The first-order valence-corrected chi connectivity index (χ1v) is 4.01. The van der Waals surface area contributed by atoms with Crippen LogP contribution in [0.2, 0.25) is 0 Å². The van der Waals surface area contributed by atoms with Crippen LogP contribution in [0.1, 0.15) is 10.4 Å². The SMILES string of the molecule is O=CC(=O)c1cccc2ncncc12. The molecule has 1 aromatic heterocycles. The van der Waals surface area contributed by atoms with Crippen LogP contribution in [0.25, 0.3) is 10.9 Å². The molecule has 2 rings (SSSR count). The molecule has 0 atom stereocenters. The zero-order valence-corrected chi connectivity index (χ0v) is 7.18. The van der Waals surface area contributed by atoms with Gasteiger partial charge in [0.05, 0.1) is 5.52 Å². The van der Waals surface area contributed by atoms with E-state index in [0.29, 0.717) is 22.8 Å². The van der Waals surface area contributed by atoms with Crippen LogP contribution in [0, 0.1) is 0 Å². The van der Waals surface area contributed by atoms with E-state index in [1.165, 1.54) is 12.5 Å². The maximum atomic E-state index is 11.2. The first kappa shape index (κ1) is 8.50. The Hall–Kier alpha value is -2.10. The lowest BCUT2D eigenvalue weighted by Crippen LogP contribution is -2.01. The van der Waals surface area contributed by atoms with Gasteiger partial charge in [-0.15, -0.1) is 0 Å².